The van der Waals surface area contributed by atoms with Crippen molar-refractivity contribution >= 4 is 0 Å². The molecule has 0 unspecified atom stereocenters. The standard InChI is InChI=1S/C16H28N2O/c1-2-3-4-5-10-19-16-8-6-14(7-9-16)11-15(12-17)13-18/h6-9,15H,2-5,10-13,17-18H2,1H3. The van der Waals surface area contributed by atoms with Gasteiger partial charge in [-0.2, -0.15) is 0 Å². The molecular weight excluding hydrogens is 236 g/mol. The molecule has 3 nitrogen and oxygen atoms in total. The lowest BCUT2D eigenvalue weighted by molar-refractivity contribution is 0.305. The second kappa shape index (κ2) is 9.82. The molecule has 0 saturated heterocycles. The largest absolute Gasteiger partial charge is 0.494 e. The van der Waals surface area contributed by atoms with Crippen LogP contribution >= 0.6 is 0 Å². The summed E-state index contributed by atoms with van der Waals surface area (Å²) in [6.07, 6.45) is 5.89. The van der Waals surface area contributed by atoms with Gasteiger partial charge in [-0.25, -0.2) is 0 Å². The van der Waals surface area contributed by atoms with Crippen LogP contribution in [0.3, 0.4) is 0 Å². The number of hydrogen-bond donors (Lipinski definition) is 2. The fourth-order valence-electron chi connectivity index (χ4n) is 2.04. The van der Waals surface area contributed by atoms with Crippen LogP contribution in [0, 0.1) is 5.92 Å². The van der Waals surface area contributed by atoms with Gasteiger partial charge >= 0.3 is 0 Å². The van der Waals surface area contributed by atoms with Crippen LogP contribution in [0.5, 0.6) is 5.75 Å². The molecule has 0 amide bonds. The zero-order chi connectivity index (χ0) is 13.9. The van der Waals surface area contributed by atoms with E-state index in [4.69, 9.17) is 16.2 Å². The Balaban J connectivity index is 2.30. The maximum absolute atomic E-state index is 5.72. The van der Waals surface area contributed by atoms with Gasteiger partial charge in [-0.15, -0.1) is 0 Å². The number of hydrogen-bond acceptors (Lipinski definition) is 3. The van der Waals surface area contributed by atoms with E-state index < -0.39 is 0 Å². The molecule has 4 N–H and O–H groups in total. The molecule has 1 aromatic carbocycles. The lowest BCUT2D eigenvalue weighted by atomic mass is 10.00. The van der Waals surface area contributed by atoms with Crippen LogP contribution in [0.4, 0.5) is 0 Å². The van der Waals surface area contributed by atoms with Crippen LogP contribution in [-0.4, -0.2) is 19.7 Å². The molecule has 0 aliphatic carbocycles. The average Bonchev–Trinajstić information content (AvgIpc) is 2.46. The van der Waals surface area contributed by atoms with E-state index in [0.29, 0.717) is 19.0 Å². The Morgan fingerprint density at radius 1 is 1.00 bits per heavy atom. The maximum atomic E-state index is 5.72. The summed E-state index contributed by atoms with van der Waals surface area (Å²) in [7, 11) is 0. The lowest BCUT2D eigenvalue weighted by Crippen LogP contribution is -2.25. The average molecular weight is 264 g/mol. The molecule has 0 fully saturated rings. The van der Waals surface area contributed by atoms with Crippen LogP contribution in [0.2, 0.25) is 0 Å². The third-order valence-electron chi connectivity index (χ3n) is 3.38. The van der Waals surface area contributed by atoms with Crippen molar-refractivity contribution in [3.63, 3.8) is 0 Å². The van der Waals surface area contributed by atoms with Crippen molar-refractivity contribution in [2.24, 2.45) is 17.4 Å². The van der Waals surface area contributed by atoms with Gasteiger partial charge in [0.1, 0.15) is 5.75 Å². The molecule has 0 aromatic heterocycles. The van der Waals surface area contributed by atoms with Crippen molar-refractivity contribution in [2.45, 2.75) is 39.0 Å². The van der Waals surface area contributed by atoms with Crippen molar-refractivity contribution in [1.82, 2.24) is 0 Å². The number of ether oxygens (including phenoxy) is 1. The SMILES string of the molecule is CCCCCCOc1ccc(CC(CN)CN)cc1. The van der Waals surface area contributed by atoms with Crippen molar-refractivity contribution in [1.29, 1.82) is 0 Å². The van der Waals surface area contributed by atoms with Crippen molar-refractivity contribution in [2.75, 3.05) is 19.7 Å². The van der Waals surface area contributed by atoms with Crippen LogP contribution in [0.15, 0.2) is 24.3 Å². The van der Waals surface area contributed by atoms with E-state index in [1.807, 2.05) is 12.1 Å². The zero-order valence-corrected chi connectivity index (χ0v) is 12.1. The summed E-state index contributed by atoms with van der Waals surface area (Å²) in [6.45, 7) is 4.32. The highest BCUT2D eigenvalue weighted by Crippen LogP contribution is 2.15. The molecule has 1 rings (SSSR count). The first-order valence-corrected chi connectivity index (χ1v) is 7.42. The Hall–Kier alpha value is -1.06. The first-order valence-electron chi connectivity index (χ1n) is 7.42. The van der Waals surface area contributed by atoms with E-state index in [0.717, 1.165) is 25.2 Å². The second-order valence-electron chi connectivity index (χ2n) is 5.09. The summed E-state index contributed by atoms with van der Waals surface area (Å²) < 4.78 is 5.72. The molecule has 0 saturated carbocycles. The molecule has 1 aromatic rings. The minimum atomic E-state index is 0.376. The predicted molar refractivity (Wildman–Crippen MR) is 81.4 cm³/mol. The molecular formula is C16H28N2O. The monoisotopic (exact) mass is 264 g/mol. The third kappa shape index (κ3) is 6.60. The van der Waals surface area contributed by atoms with Crippen molar-refractivity contribution < 1.29 is 4.74 Å². The minimum Gasteiger partial charge on any atom is -0.494 e. The van der Waals surface area contributed by atoms with Crippen molar-refractivity contribution in [3.8, 4) is 5.75 Å². The molecule has 0 aliphatic rings. The van der Waals surface area contributed by atoms with Gasteiger partial charge in [-0.3, -0.25) is 0 Å². The first kappa shape index (κ1) is 16.0. The van der Waals surface area contributed by atoms with E-state index in [1.165, 1.54) is 24.8 Å². The molecule has 0 atom stereocenters. The first-order chi connectivity index (χ1) is 9.30. The molecule has 19 heavy (non-hydrogen) atoms. The molecule has 0 spiro atoms. The molecule has 3 heteroatoms. The third-order valence-corrected chi connectivity index (χ3v) is 3.38. The summed E-state index contributed by atoms with van der Waals surface area (Å²) in [6, 6.07) is 8.30. The van der Waals surface area contributed by atoms with Gasteiger partial charge in [0.25, 0.3) is 0 Å². The molecule has 108 valence electrons. The van der Waals surface area contributed by atoms with Crippen LogP contribution in [0.1, 0.15) is 38.2 Å². The summed E-state index contributed by atoms with van der Waals surface area (Å²) in [5.41, 5.74) is 12.6. The number of rotatable bonds is 10. The summed E-state index contributed by atoms with van der Waals surface area (Å²) >= 11 is 0. The molecule has 0 aliphatic heterocycles. The van der Waals surface area contributed by atoms with Gasteiger partial charge < -0.3 is 16.2 Å². The van der Waals surface area contributed by atoms with Gasteiger partial charge in [-0.05, 0) is 49.5 Å². The van der Waals surface area contributed by atoms with Crippen molar-refractivity contribution in [3.05, 3.63) is 29.8 Å². The van der Waals surface area contributed by atoms with Gasteiger partial charge in [0.05, 0.1) is 6.61 Å². The zero-order valence-electron chi connectivity index (χ0n) is 12.1. The highest BCUT2D eigenvalue weighted by Gasteiger charge is 2.05. The topological polar surface area (TPSA) is 61.3 Å². The Morgan fingerprint density at radius 2 is 1.68 bits per heavy atom. The van der Waals surface area contributed by atoms with Gasteiger partial charge in [0, 0.05) is 0 Å². The Bertz CT molecular complexity index is 320. The Kier molecular flexibility index (Phi) is 8.26. The quantitative estimate of drug-likeness (QED) is 0.639. The fraction of sp³-hybridized carbons (Fsp3) is 0.625. The number of benzene rings is 1. The summed E-state index contributed by atoms with van der Waals surface area (Å²) in [5, 5.41) is 0. The Labute approximate surface area is 117 Å². The molecule has 0 bridgehead atoms. The maximum Gasteiger partial charge on any atom is 0.119 e. The van der Waals surface area contributed by atoms with E-state index in [1.54, 1.807) is 0 Å². The van der Waals surface area contributed by atoms with Gasteiger partial charge in [0.2, 0.25) is 0 Å². The van der Waals surface area contributed by atoms with Crippen LogP contribution < -0.4 is 16.2 Å². The summed E-state index contributed by atoms with van der Waals surface area (Å²) in [5.74, 6) is 1.33. The van der Waals surface area contributed by atoms with E-state index in [9.17, 15) is 0 Å². The second-order valence-corrected chi connectivity index (χ2v) is 5.09. The Morgan fingerprint density at radius 3 is 2.26 bits per heavy atom. The number of nitrogens with two attached hydrogens (primary N) is 2. The van der Waals surface area contributed by atoms with Crippen LogP contribution in [-0.2, 0) is 6.42 Å². The molecule has 0 heterocycles. The predicted octanol–water partition coefficient (Wildman–Crippen LogP) is 2.72. The minimum absolute atomic E-state index is 0.376. The molecule has 0 radical (unpaired) electrons. The van der Waals surface area contributed by atoms with E-state index in [-0.39, 0.29) is 0 Å². The highest BCUT2D eigenvalue weighted by molar-refractivity contribution is 5.27. The number of unbranched alkanes of at least 4 members (excludes halogenated alkanes) is 3. The van der Waals surface area contributed by atoms with E-state index in [2.05, 4.69) is 19.1 Å². The van der Waals surface area contributed by atoms with Gasteiger partial charge in [0.15, 0.2) is 0 Å². The van der Waals surface area contributed by atoms with E-state index >= 15 is 0 Å². The lowest BCUT2D eigenvalue weighted by Gasteiger charge is -2.12. The van der Waals surface area contributed by atoms with Crippen LogP contribution in [0.25, 0.3) is 0 Å². The fourth-order valence-corrected chi connectivity index (χ4v) is 2.04. The normalized spacial score (nSPS) is 10.9. The summed E-state index contributed by atoms with van der Waals surface area (Å²) in [4.78, 5) is 0. The smallest absolute Gasteiger partial charge is 0.119 e. The highest BCUT2D eigenvalue weighted by atomic mass is 16.5. The van der Waals surface area contributed by atoms with Gasteiger partial charge in [-0.1, -0.05) is 38.3 Å².